The van der Waals surface area contributed by atoms with Crippen molar-refractivity contribution in [3.8, 4) is 5.75 Å². The van der Waals surface area contributed by atoms with Gasteiger partial charge in [0.05, 0.1) is 13.4 Å². The number of furan rings is 1. The first kappa shape index (κ1) is 26.6. The number of anilines is 3. The summed E-state index contributed by atoms with van der Waals surface area (Å²) >= 11 is 0. The van der Waals surface area contributed by atoms with Gasteiger partial charge in [-0.15, -0.1) is 0 Å². The van der Waals surface area contributed by atoms with Crippen molar-refractivity contribution in [3.05, 3.63) is 72.7 Å². The summed E-state index contributed by atoms with van der Waals surface area (Å²) in [5.41, 5.74) is 2.39. The van der Waals surface area contributed by atoms with Crippen molar-refractivity contribution < 1.29 is 23.5 Å². The summed E-state index contributed by atoms with van der Waals surface area (Å²) in [7, 11) is 1.60. The maximum atomic E-state index is 12.6. The van der Waals surface area contributed by atoms with Crippen molar-refractivity contribution in [1.82, 2.24) is 9.80 Å². The molecule has 0 saturated carbocycles. The van der Waals surface area contributed by atoms with Gasteiger partial charge in [0.1, 0.15) is 12.3 Å². The smallest absolute Gasteiger partial charge is 0.321 e. The SMILES string of the molecule is CCCN(CC(=O)Nc1ccc(N2CCN(C(=O)Nc3ccc(OC)cc3)CC2)cc1)C(=O)c1ccco1. The van der Waals surface area contributed by atoms with Crippen LogP contribution in [0, 0.1) is 0 Å². The maximum absolute atomic E-state index is 12.6. The molecule has 10 nitrogen and oxygen atoms in total. The number of amides is 4. The average Bonchev–Trinajstić information content (AvgIpc) is 3.48. The molecule has 200 valence electrons. The predicted molar refractivity (Wildman–Crippen MR) is 146 cm³/mol. The Kier molecular flexibility index (Phi) is 8.86. The highest BCUT2D eigenvalue weighted by Gasteiger charge is 2.22. The number of ether oxygens (including phenoxy) is 1. The first-order valence-electron chi connectivity index (χ1n) is 12.6. The highest BCUT2D eigenvalue weighted by molar-refractivity contribution is 5.98. The van der Waals surface area contributed by atoms with Crippen molar-refractivity contribution in [2.75, 3.05) is 61.9 Å². The number of carbonyl (C=O) groups excluding carboxylic acids is 3. The second-order valence-electron chi connectivity index (χ2n) is 8.93. The Bertz CT molecular complexity index is 1200. The number of hydrogen-bond acceptors (Lipinski definition) is 6. The minimum Gasteiger partial charge on any atom is -0.497 e. The third kappa shape index (κ3) is 6.84. The summed E-state index contributed by atoms with van der Waals surface area (Å²) in [5.74, 6) is 0.372. The molecular weight excluding hydrogens is 486 g/mol. The average molecular weight is 520 g/mol. The van der Waals surface area contributed by atoms with E-state index in [2.05, 4.69) is 15.5 Å². The Hall–Kier alpha value is -4.47. The second kappa shape index (κ2) is 12.7. The lowest BCUT2D eigenvalue weighted by atomic mass is 10.2. The van der Waals surface area contributed by atoms with E-state index >= 15 is 0 Å². The first-order chi connectivity index (χ1) is 18.5. The minimum atomic E-state index is -0.306. The van der Waals surface area contributed by atoms with Crippen LogP contribution >= 0.6 is 0 Å². The quantitative estimate of drug-likeness (QED) is 0.440. The number of piperazine rings is 1. The van der Waals surface area contributed by atoms with E-state index in [9.17, 15) is 14.4 Å². The highest BCUT2D eigenvalue weighted by Crippen LogP contribution is 2.21. The molecule has 3 aromatic rings. The van der Waals surface area contributed by atoms with Gasteiger partial charge in [0.15, 0.2) is 5.76 Å². The number of nitrogens with zero attached hydrogens (tertiary/aromatic N) is 3. The summed E-state index contributed by atoms with van der Waals surface area (Å²) in [4.78, 5) is 43.3. The lowest BCUT2D eigenvalue weighted by Crippen LogP contribution is -2.50. The van der Waals surface area contributed by atoms with Gasteiger partial charge in [0.25, 0.3) is 5.91 Å². The van der Waals surface area contributed by atoms with Gasteiger partial charge in [-0.3, -0.25) is 9.59 Å². The zero-order chi connectivity index (χ0) is 26.9. The maximum Gasteiger partial charge on any atom is 0.321 e. The van der Waals surface area contributed by atoms with Crippen LogP contribution < -0.4 is 20.3 Å². The molecule has 2 aromatic carbocycles. The van der Waals surface area contributed by atoms with Gasteiger partial charge < -0.3 is 34.5 Å². The molecule has 1 aromatic heterocycles. The molecule has 2 N–H and O–H groups in total. The molecule has 0 unspecified atom stereocenters. The summed E-state index contributed by atoms with van der Waals surface area (Å²) in [6, 6.07) is 17.9. The zero-order valence-corrected chi connectivity index (χ0v) is 21.7. The van der Waals surface area contributed by atoms with E-state index in [1.807, 2.05) is 43.3 Å². The van der Waals surface area contributed by atoms with Crippen molar-refractivity contribution in [2.45, 2.75) is 13.3 Å². The minimum absolute atomic E-state index is 0.0598. The van der Waals surface area contributed by atoms with E-state index < -0.39 is 0 Å². The Labute approximate surface area is 222 Å². The van der Waals surface area contributed by atoms with Gasteiger partial charge in [-0.1, -0.05) is 6.92 Å². The molecule has 0 bridgehead atoms. The van der Waals surface area contributed by atoms with Gasteiger partial charge in [0, 0.05) is 49.8 Å². The molecule has 0 aliphatic carbocycles. The lowest BCUT2D eigenvalue weighted by Gasteiger charge is -2.36. The van der Waals surface area contributed by atoms with Crippen molar-refractivity contribution in [1.29, 1.82) is 0 Å². The number of carbonyl (C=O) groups is 3. The second-order valence-corrected chi connectivity index (χ2v) is 8.93. The molecular formula is C28H33N5O5. The fourth-order valence-corrected chi connectivity index (χ4v) is 4.25. The van der Waals surface area contributed by atoms with Crippen LogP contribution in [0.4, 0.5) is 21.9 Å². The van der Waals surface area contributed by atoms with Crippen LogP contribution in [0.5, 0.6) is 5.75 Å². The van der Waals surface area contributed by atoms with Crippen LogP contribution in [0.25, 0.3) is 0 Å². The molecule has 1 fully saturated rings. The summed E-state index contributed by atoms with van der Waals surface area (Å²) in [6.45, 7) is 4.93. The third-order valence-electron chi connectivity index (χ3n) is 6.27. The predicted octanol–water partition coefficient (Wildman–Crippen LogP) is 4.13. The molecule has 0 atom stereocenters. The third-order valence-corrected chi connectivity index (χ3v) is 6.27. The van der Waals surface area contributed by atoms with Gasteiger partial charge in [-0.25, -0.2) is 4.79 Å². The molecule has 10 heteroatoms. The lowest BCUT2D eigenvalue weighted by molar-refractivity contribution is -0.116. The summed E-state index contributed by atoms with van der Waals surface area (Å²) in [6.07, 6.45) is 2.17. The number of hydrogen-bond donors (Lipinski definition) is 2. The van der Waals surface area contributed by atoms with Crippen LogP contribution in [0.3, 0.4) is 0 Å². The van der Waals surface area contributed by atoms with E-state index in [-0.39, 0.29) is 30.2 Å². The topological polar surface area (TPSA) is 107 Å². The van der Waals surface area contributed by atoms with Crippen LogP contribution in [0.1, 0.15) is 23.9 Å². The van der Waals surface area contributed by atoms with Gasteiger partial charge in [-0.05, 0) is 67.1 Å². The number of nitrogens with one attached hydrogen (secondary N) is 2. The van der Waals surface area contributed by atoms with E-state index in [1.54, 1.807) is 36.3 Å². The first-order valence-corrected chi connectivity index (χ1v) is 12.6. The highest BCUT2D eigenvalue weighted by atomic mass is 16.5. The molecule has 0 spiro atoms. The Morgan fingerprint density at radius 1 is 0.921 bits per heavy atom. The van der Waals surface area contributed by atoms with Gasteiger partial charge >= 0.3 is 6.03 Å². The number of benzene rings is 2. The van der Waals surface area contributed by atoms with Crippen molar-refractivity contribution in [3.63, 3.8) is 0 Å². The Morgan fingerprint density at radius 2 is 1.58 bits per heavy atom. The normalized spacial score (nSPS) is 13.1. The van der Waals surface area contributed by atoms with Crippen LogP contribution in [-0.4, -0.2) is 74.0 Å². The fraction of sp³-hybridized carbons (Fsp3) is 0.321. The van der Waals surface area contributed by atoms with Gasteiger partial charge in [-0.2, -0.15) is 0 Å². The summed E-state index contributed by atoms with van der Waals surface area (Å²) in [5, 5.41) is 5.78. The van der Waals surface area contributed by atoms with Crippen LogP contribution in [0.15, 0.2) is 71.3 Å². The van der Waals surface area contributed by atoms with Gasteiger partial charge in [0.2, 0.25) is 5.91 Å². The van der Waals surface area contributed by atoms with Crippen LogP contribution in [-0.2, 0) is 4.79 Å². The molecule has 4 rings (SSSR count). The molecule has 2 heterocycles. The monoisotopic (exact) mass is 519 g/mol. The van der Waals surface area contributed by atoms with E-state index in [4.69, 9.17) is 9.15 Å². The van der Waals surface area contributed by atoms with E-state index in [1.165, 1.54) is 11.2 Å². The zero-order valence-electron chi connectivity index (χ0n) is 21.7. The standard InChI is InChI=1S/C28H33N5O5/c1-3-14-33(27(35)25-5-4-19-38-25)20-26(34)29-21-6-10-23(11-7-21)31-15-17-32(18-16-31)28(36)30-22-8-12-24(37-2)13-9-22/h4-13,19H,3,14-18,20H2,1-2H3,(H,29,34)(H,30,36). The Morgan fingerprint density at radius 3 is 2.18 bits per heavy atom. The molecule has 38 heavy (non-hydrogen) atoms. The molecule has 1 aliphatic heterocycles. The molecule has 1 saturated heterocycles. The van der Waals surface area contributed by atoms with Crippen LogP contribution in [0.2, 0.25) is 0 Å². The van der Waals surface area contributed by atoms with E-state index in [0.29, 0.717) is 38.4 Å². The fourth-order valence-electron chi connectivity index (χ4n) is 4.25. The van der Waals surface area contributed by atoms with Crippen molar-refractivity contribution >= 4 is 34.9 Å². The molecule has 1 aliphatic rings. The largest absolute Gasteiger partial charge is 0.497 e. The van der Waals surface area contributed by atoms with E-state index in [0.717, 1.165) is 23.5 Å². The summed E-state index contributed by atoms with van der Waals surface area (Å²) < 4.78 is 10.3. The number of urea groups is 1. The number of methoxy groups -OCH3 is 1. The molecule has 0 radical (unpaired) electrons. The number of rotatable bonds is 9. The van der Waals surface area contributed by atoms with Crippen molar-refractivity contribution in [2.24, 2.45) is 0 Å². The molecule has 4 amide bonds. The Balaban J connectivity index is 1.25.